The average molecular weight is 400 g/mol. The van der Waals surface area contributed by atoms with Crippen LogP contribution < -0.4 is 5.32 Å². The lowest BCUT2D eigenvalue weighted by Crippen LogP contribution is -2.73. The average Bonchev–Trinajstić information content (AvgIpc) is 2.61. The Hall–Kier alpha value is -2.53. The van der Waals surface area contributed by atoms with Crippen molar-refractivity contribution in [3.63, 3.8) is 0 Å². The molecule has 146 valence electrons. The van der Waals surface area contributed by atoms with Crippen LogP contribution in [0.25, 0.3) is 0 Å². The van der Waals surface area contributed by atoms with Gasteiger partial charge in [-0.25, -0.2) is 9.59 Å². The summed E-state index contributed by atoms with van der Waals surface area (Å²) in [5.41, 5.74) is 2.67. The van der Waals surface area contributed by atoms with Crippen LogP contribution in [0, 0.1) is 12.3 Å². The van der Waals surface area contributed by atoms with Crippen molar-refractivity contribution in [1.82, 2.24) is 5.32 Å². The van der Waals surface area contributed by atoms with Crippen molar-refractivity contribution in [1.29, 1.82) is 0 Å². The van der Waals surface area contributed by atoms with Gasteiger partial charge in [-0.15, -0.1) is 0 Å². The first-order valence-corrected chi connectivity index (χ1v) is 9.69. The second-order valence-electron chi connectivity index (χ2n) is 8.06. The van der Waals surface area contributed by atoms with Crippen LogP contribution in [0.3, 0.4) is 0 Å². The molecule has 3 saturated carbocycles. The van der Waals surface area contributed by atoms with Crippen LogP contribution in [-0.2, 0) is 21.6 Å². The zero-order valence-electron chi connectivity index (χ0n) is 15.6. The number of nitrogens with one attached hydrogen (secondary N) is 1. The Morgan fingerprint density at radius 2 is 1.82 bits per heavy atom. The lowest BCUT2D eigenvalue weighted by molar-refractivity contribution is -0.183. The molecule has 0 aromatic heterocycles. The number of hydrogen-bond donors (Lipinski definition) is 2. The molecule has 2 aromatic rings. The number of ether oxygens (including phenoxy) is 1. The van der Waals surface area contributed by atoms with Crippen LogP contribution in [0.1, 0.15) is 36.0 Å². The molecule has 1 unspecified atom stereocenters. The fourth-order valence-corrected chi connectivity index (χ4v) is 5.17. The van der Waals surface area contributed by atoms with Crippen LogP contribution in [0.4, 0.5) is 4.79 Å². The van der Waals surface area contributed by atoms with Gasteiger partial charge in [0.05, 0.1) is 0 Å². The highest BCUT2D eigenvalue weighted by molar-refractivity contribution is 6.31. The number of carboxylic acids is 1. The summed E-state index contributed by atoms with van der Waals surface area (Å²) in [7, 11) is 0. The minimum atomic E-state index is -1.02. The summed E-state index contributed by atoms with van der Waals surface area (Å²) >= 11 is 6.25. The second kappa shape index (κ2) is 6.82. The molecule has 28 heavy (non-hydrogen) atoms. The number of carbonyl (C=O) groups is 2. The molecule has 2 aromatic carbocycles. The van der Waals surface area contributed by atoms with E-state index in [9.17, 15) is 14.7 Å². The Bertz CT molecular complexity index is 908. The van der Waals surface area contributed by atoms with Crippen molar-refractivity contribution in [2.75, 3.05) is 0 Å². The number of carbonyl (C=O) groups excluding carboxylic acids is 1. The van der Waals surface area contributed by atoms with Crippen molar-refractivity contribution in [2.24, 2.45) is 5.41 Å². The molecule has 5 rings (SSSR count). The van der Waals surface area contributed by atoms with Gasteiger partial charge < -0.3 is 15.2 Å². The molecule has 0 radical (unpaired) electrons. The molecule has 0 aliphatic heterocycles. The molecular formula is C22H22ClNO4. The van der Waals surface area contributed by atoms with Gasteiger partial charge in [0.2, 0.25) is 0 Å². The summed E-state index contributed by atoms with van der Waals surface area (Å²) in [4.78, 5) is 24.0. The molecule has 2 bridgehead atoms. The molecular weight excluding hydrogens is 378 g/mol. The zero-order chi connectivity index (χ0) is 19.9. The third kappa shape index (κ3) is 3.04. The quantitative estimate of drug-likeness (QED) is 0.752. The largest absolute Gasteiger partial charge is 0.480 e. The first-order chi connectivity index (χ1) is 13.4. The van der Waals surface area contributed by atoms with E-state index in [2.05, 4.69) is 11.4 Å². The van der Waals surface area contributed by atoms with Gasteiger partial charge in [0.15, 0.2) is 0 Å². The smallest absolute Gasteiger partial charge is 0.408 e. The summed E-state index contributed by atoms with van der Waals surface area (Å²) in [6, 6.07) is 14.2. The van der Waals surface area contributed by atoms with E-state index in [0.29, 0.717) is 0 Å². The van der Waals surface area contributed by atoms with Gasteiger partial charge in [0.1, 0.15) is 12.6 Å². The maximum Gasteiger partial charge on any atom is 0.408 e. The third-order valence-electron chi connectivity index (χ3n) is 6.24. The molecule has 0 heterocycles. The van der Waals surface area contributed by atoms with E-state index < -0.39 is 23.5 Å². The van der Waals surface area contributed by atoms with Crippen LogP contribution in [0.15, 0.2) is 48.5 Å². The van der Waals surface area contributed by atoms with Gasteiger partial charge in [-0.05, 0) is 54.4 Å². The number of hydrogen-bond acceptors (Lipinski definition) is 3. The maximum atomic E-state index is 12.2. The highest BCUT2D eigenvalue weighted by Crippen LogP contribution is 2.75. The van der Waals surface area contributed by atoms with E-state index in [1.165, 1.54) is 5.56 Å². The molecule has 0 saturated heterocycles. The molecule has 5 nitrogen and oxygen atoms in total. The van der Waals surface area contributed by atoms with Crippen LogP contribution in [0.5, 0.6) is 0 Å². The number of amides is 1. The minimum absolute atomic E-state index is 0.0156. The minimum Gasteiger partial charge on any atom is -0.480 e. The van der Waals surface area contributed by atoms with E-state index >= 15 is 0 Å². The molecule has 3 fully saturated rings. The summed E-state index contributed by atoms with van der Waals surface area (Å²) in [5.74, 6) is -1.02. The van der Waals surface area contributed by atoms with Gasteiger partial charge in [-0.2, -0.15) is 0 Å². The van der Waals surface area contributed by atoms with E-state index in [0.717, 1.165) is 35.4 Å². The van der Waals surface area contributed by atoms with Gasteiger partial charge in [0.25, 0.3) is 0 Å². The highest BCUT2D eigenvalue weighted by atomic mass is 35.5. The molecule has 3 aliphatic rings. The summed E-state index contributed by atoms with van der Waals surface area (Å²) < 4.78 is 5.20. The highest BCUT2D eigenvalue weighted by Gasteiger charge is 2.72. The lowest BCUT2D eigenvalue weighted by atomic mass is 9.31. The van der Waals surface area contributed by atoms with Gasteiger partial charge in [0, 0.05) is 10.4 Å². The molecule has 0 spiro atoms. The van der Waals surface area contributed by atoms with E-state index in [-0.39, 0.29) is 12.0 Å². The maximum absolute atomic E-state index is 12.2. The van der Waals surface area contributed by atoms with Gasteiger partial charge >= 0.3 is 12.1 Å². The standard InChI is InChI=1S/C22H22ClNO4/c1-14-16(8-5-9-17(14)23)21-11-22(12-21,13-21)18(19(25)26)24-20(27)28-10-15-6-3-2-4-7-15/h2-9,18H,10-13H2,1H3,(H,24,27)(H,25,26). The van der Waals surface area contributed by atoms with Crippen molar-refractivity contribution >= 4 is 23.7 Å². The van der Waals surface area contributed by atoms with Crippen LogP contribution in [0.2, 0.25) is 5.02 Å². The Morgan fingerprint density at radius 1 is 1.14 bits per heavy atom. The summed E-state index contributed by atoms with van der Waals surface area (Å²) in [6.45, 7) is 2.11. The first-order valence-electron chi connectivity index (χ1n) is 9.31. The van der Waals surface area contributed by atoms with Crippen molar-refractivity contribution < 1.29 is 19.4 Å². The Balaban J connectivity index is 1.40. The van der Waals surface area contributed by atoms with E-state index in [1.54, 1.807) is 0 Å². The Morgan fingerprint density at radius 3 is 2.46 bits per heavy atom. The molecule has 6 heteroatoms. The monoisotopic (exact) mass is 399 g/mol. The number of carboxylic acid groups (broad SMARTS) is 1. The fourth-order valence-electron chi connectivity index (χ4n) is 5.00. The summed E-state index contributed by atoms with van der Waals surface area (Å²) in [6.07, 6.45) is 1.50. The first kappa shape index (κ1) is 18.8. The normalized spacial score (nSPS) is 25.8. The van der Waals surface area contributed by atoms with E-state index in [1.807, 2.05) is 49.4 Å². The SMILES string of the molecule is Cc1c(Cl)cccc1C12CC(C(NC(=O)OCc3ccccc3)C(=O)O)(C1)C2. The van der Waals surface area contributed by atoms with Gasteiger partial charge in [-0.1, -0.05) is 54.1 Å². The fraction of sp³-hybridized carbons (Fsp3) is 0.364. The van der Waals surface area contributed by atoms with Crippen molar-refractivity contribution in [3.05, 3.63) is 70.2 Å². The molecule has 3 aliphatic carbocycles. The molecule has 2 N–H and O–H groups in total. The topological polar surface area (TPSA) is 75.6 Å². The summed E-state index contributed by atoms with van der Waals surface area (Å²) in [5, 5.41) is 13.0. The third-order valence-corrected chi connectivity index (χ3v) is 6.65. The van der Waals surface area contributed by atoms with Crippen LogP contribution >= 0.6 is 11.6 Å². The number of rotatable bonds is 6. The number of alkyl carbamates (subject to hydrolysis) is 1. The Labute approximate surface area is 168 Å². The number of halogens is 1. The molecule has 1 atom stereocenters. The Kier molecular flexibility index (Phi) is 4.58. The molecule has 1 amide bonds. The predicted molar refractivity (Wildman–Crippen MR) is 105 cm³/mol. The number of aliphatic carboxylic acids is 1. The van der Waals surface area contributed by atoms with Crippen molar-refractivity contribution in [2.45, 2.75) is 44.2 Å². The lowest BCUT2D eigenvalue weighted by Gasteiger charge is -2.72. The van der Waals surface area contributed by atoms with Gasteiger partial charge in [-0.3, -0.25) is 0 Å². The number of benzene rings is 2. The second-order valence-corrected chi connectivity index (χ2v) is 8.47. The van der Waals surface area contributed by atoms with Crippen LogP contribution in [-0.4, -0.2) is 23.2 Å². The zero-order valence-corrected chi connectivity index (χ0v) is 16.3. The van der Waals surface area contributed by atoms with Crippen molar-refractivity contribution in [3.8, 4) is 0 Å². The van der Waals surface area contributed by atoms with E-state index in [4.69, 9.17) is 16.3 Å². The predicted octanol–water partition coefficient (Wildman–Crippen LogP) is 4.45.